The van der Waals surface area contributed by atoms with Crippen molar-refractivity contribution in [3.63, 3.8) is 0 Å². The van der Waals surface area contributed by atoms with Crippen LogP contribution in [0, 0.1) is 6.92 Å². The van der Waals surface area contributed by atoms with Crippen LogP contribution in [-0.4, -0.2) is 20.2 Å². The first kappa shape index (κ1) is 16.4. The van der Waals surface area contributed by atoms with Gasteiger partial charge in [0.05, 0.1) is 14.2 Å². The first-order valence-corrected chi connectivity index (χ1v) is 6.96. The van der Waals surface area contributed by atoms with Gasteiger partial charge in [-0.15, -0.1) is 0 Å². The largest absolute Gasteiger partial charge is 0.500 e. The van der Waals surface area contributed by atoms with E-state index in [4.69, 9.17) is 14.2 Å². The highest BCUT2D eigenvalue weighted by Crippen LogP contribution is 2.29. The average Bonchev–Trinajstić information content (AvgIpc) is 2.57. The highest BCUT2D eigenvalue weighted by molar-refractivity contribution is 5.86. The van der Waals surface area contributed by atoms with Crippen LogP contribution in [0.3, 0.4) is 0 Å². The van der Waals surface area contributed by atoms with Crippen LogP contribution in [0.2, 0.25) is 0 Å². The maximum absolute atomic E-state index is 11.7. The van der Waals surface area contributed by atoms with E-state index in [2.05, 4.69) is 4.74 Å². The molecule has 2 aromatic carbocycles. The van der Waals surface area contributed by atoms with Crippen LogP contribution >= 0.6 is 0 Å². The van der Waals surface area contributed by atoms with Gasteiger partial charge in [-0.3, -0.25) is 0 Å². The standard InChI is InChI=1S/C18H18O5/c1-13-9-10-15(22-14-7-5-4-6-8-14)11-16(13)23-17(12-20-2)18(19)21-3/h4-12H,1-3H3/b17-12-. The Kier molecular flexibility index (Phi) is 5.63. The highest BCUT2D eigenvalue weighted by atomic mass is 16.6. The minimum Gasteiger partial charge on any atom is -0.500 e. The Labute approximate surface area is 135 Å². The summed E-state index contributed by atoms with van der Waals surface area (Å²) >= 11 is 0. The zero-order valence-corrected chi connectivity index (χ0v) is 13.2. The summed E-state index contributed by atoms with van der Waals surface area (Å²) in [7, 11) is 2.70. The second-order valence-electron chi connectivity index (χ2n) is 4.65. The lowest BCUT2D eigenvalue weighted by Gasteiger charge is -2.12. The van der Waals surface area contributed by atoms with Crippen LogP contribution in [0.15, 0.2) is 60.6 Å². The number of hydrogen-bond acceptors (Lipinski definition) is 5. The van der Waals surface area contributed by atoms with Crippen molar-refractivity contribution < 1.29 is 23.7 Å². The number of hydrogen-bond donors (Lipinski definition) is 0. The minimum atomic E-state index is -0.624. The minimum absolute atomic E-state index is 0.0463. The molecule has 0 aromatic heterocycles. The third-order valence-corrected chi connectivity index (χ3v) is 2.97. The number of para-hydroxylation sites is 1. The fraction of sp³-hybridized carbons (Fsp3) is 0.167. The first-order valence-electron chi connectivity index (χ1n) is 6.96. The van der Waals surface area contributed by atoms with Crippen molar-refractivity contribution in [1.29, 1.82) is 0 Å². The summed E-state index contributed by atoms with van der Waals surface area (Å²) in [5.74, 6) is 1.11. The van der Waals surface area contributed by atoms with Gasteiger partial charge < -0.3 is 18.9 Å². The molecular weight excluding hydrogens is 296 g/mol. The molecule has 0 spiro atoms. The summed E-state index contributed by atoms with van der Waals surface area (Å²) < 4.78 is 20.9. The van der Waals surface area contributed by atoms with Crippen molar-refractivity contribution >= 4 is 5.97 Å². The van der Waals surface area contributed by atoms with Gasteiger partial charge in [0.25, 0.3) is 0 Å². The van der Waals surface area contributed by atoms with Gasteiger partial charge in [-0.05, 0) is 30.7 Å². The second kappa shape index (κ2) is 7.89. The summed E-state index contributed by atoms with van der Waals surface area (Å²) in [6.07, 6.45) is 1.19. The molecule has 0 heterocycles. The normalized spacial score (nSPS) is 10.8. The number of carbonyl (C=O) groups excluding carboxylic acids is 1. The van der Waals surface area contributed by atoms with E-state index in [0.717, 1.165) is 5.56 Å². The van der Waals surface area contributed by atoms with E-state index in [1.54, 1.807) is 6.07 Å². The molecule has 0 aliphatic rings. The predicted octanol–water partition coefficient (Wildman–Crippen LogP) is 3.83. The van der Waals surface area contributed by atoms with E-state index in [1.165, 1.54) is 20.5 Å². The van der Waals surface area contributed by atoms with Crippen LogP contribution in [0.5, 0.6) is 17.2 Å². The monoisotopic (exact) mass is 314 g/mol. The van der Waals surface area contributed by atoms with Crippen LogP contribution in [-0.2, 0) is 14.3 Å². The summed E-state index contributed by atoms with van der Waals surface area (Å²) in [6, 6.07) is 14.8. The Morgan fingerprint density at radius 1 is 1.00 bits per heavy atom. The molecule has 0 saturated heterocycles. The second-order valence-corrected chi connectivity index (χ2v) is 4.65. The Hall–Kier alpha value is -2.95. The molecular formula is C18H18O5. The Balaban J connectivity index is 2.23. The molecule has 2 aromatic rings. The fourth-order valence-electron chi connectivity index (χ4n) is 1.82. The van der Waals surface area contributed by atoms with E-state index >= 15 is 0 Å². The van der Waals surface area contributed by atoms with Crippen LogP contribution < -0.4 is 9.47 Å². The molecule has 2 rings (SSSR count). The van der Waals surface area contributed by atoms with Gasteiger partial charge in [-0.2, -0.15) is 0 Å². The van der Waals surface area contributed by atoms with Crippen LogP contribution in [0.4, 0.5) is 0 Å². The highest BCUT2D eigenvalue weighted by Gasteiger charge is 2.15. The first-order chi connectivity index (χ1) is 11.1. The number of aryl methyl sites for hydroxylation is 1. The molecule has 120 valence electrons. The molecule has 0 unspecified atom stereocenters. The molecule has 0 atom stereocenters. The van der Waals surface area contributed by atoms with Crippen molar-refractivity contribution in [3.05, 3.63) is 66.1 Å². The van der Waals surface area contributed by atoms with E-state index in [1.807, 2.05) is 49.4 Å². The molecule has 0 fully saturated rings. The fourth-order valence-corrected chi connectivity index (χ4v) is 1.82. The quantitative estimate of drug-likeness (QED) is 0.461. The Morgan fingerprint density at radius 2 is 1.74 bits per heavy atom. The lowest BCUT2D eigenvalue weighted by molar-refractivity contribution is -0.138. The summed E-state index contributed by atoms with van der Waals surface area (Å²) in [5.41, 5.74) is 0.844. The van der Waals surface area contributed by atoms with Crippen molar-refractivity contribution in [3.8, 4) is 17.2 Å². The molecule has 0 amide bonds. The summed E-state index contributed by atoms with van der Waals surface area (Å²) in [4.78, 5) is 11.7. The number of methoxy groups -OCH3 is 2. The van der Waals surface area contributed by atoms with Gasteiger partial charge in [0.15, 0.2) is 0 Å². The van der Waals surface area contributed by atoms with Crippen molar-refractivity contribution in [2.75, 3.05) is 14.2 Å². The van der Waals surface area contributed by atoms with Crippen molar-refractivity contribution in [2.45, 2.75) is 6.92 Å². The Morgan fingerprint density at radius 3 is 2.39 bits per heavy atom. The van der Waals surface area contributed by atoms with E-state index < -0.39 is 5.97 Å². The SMILES string of the molecule is CO/C=C(\Oc1cc(Oc2ccccc2)ccc1C)C(=O)OC. The maximum atomic E-state index is 11.7. The molecule has 0 aliphatic carbocycles. The summed E-state index contributed by atoms with van der Waals surface area (Å²) in [5, 5.41) is 0. The molecule has 23 heavy (non-hydrogen) atoms. The van der Waals surface area contributed by atoms with Crippen LogP contribution in [0.25, 0.3) is 0 Å². The van der Waals surface area contributed by atoms with Gasteiger partial charge in [0.2, 0.25) is 5.76 Å². The van der Waals surface area contributed by atoms with Crippen molar-refractivity contribution in [2.24, 2.45) is 0 Å². The number of benzene rings is 2. The number of ether oxygens (including phenoxy) is 4. The van der Waals surface area contributed by atoms with Crippen LogP contribution in [0.1, 0.15) is 5.56 Å². The predicted molar refractivity (Wildman–Crippen MR) is 85.4 cm³/mol. The number of esters is 1. The maximum Gasteiger partial charge on any atom is 0.377 e. The Bertz CT molecular complexity index is 692. The average molecular weight is 314 g/mol. The molecule has 0 aliphatic heterocycles. The zero-order chi connectivity index (χ0) is 16.7. The van der Waals surface area contributed by atoms with Gasteiger partial charge in [-0.25, -0.2) is 4.79 Å². The van der Waals surface area contributed by atoms with Gasteiger partial charge in [0.1, 0.15) is 23.5 Å². The molecule has 0 N–H and O–H groups in total. The molecule has 5 heteroatoms. The molecule has 0 bridgehead atoms. The topological polar surface area (TPSA) is 54.0 Å². The zero-order valence-electron chi connectivity index (χ0n) is 13.2. The van der Waals surface area contributed by atoms with Gasteiger partial charge in [0, 0.05) is 6.07 Å². The van der Waals surface area contributed by atoms with E-state index in [9.17, 15) is 4.79 Å². The lowest BCUT2D eigenvalue weighted by Crippen LogP contribution is -2.11. The molecule has 0 saturated carbocycles. The van der Waals surface area contributed by atoms with E-state index in [-0.39, 0.29) is 5.76 Å². The molecule has 0 radical (unpaired) electrons. The van der Waals surface area contributed by atoms with Gasteiger partial charge in [-0.1, -0.05) is 24.3 Å². The van der Waals surface area contributed by atoms with Crippen molar-refractivity contribution in [1.82, 2.24) is 0 Å². The smallest absolute Gasteiger partial charge is 0.377 e. The third-order valence-electron chi connectivity index (χ3n) is 2.97. The van der Waals surface area contributed by atoms with E-state index in [0.29, 0.717) is 17.2 Å². The third kappa shape index (κ3) is 4.51. The lowest BCUT2D eigenvalue weighted by atomic mass is 10.2. The van der Waals surface area contributed by atoms with Gasteiger partial charge >= 0.3 is 5.97 Å². The number of rotatable bonds is 6. The number of carbonyl (C=O) groups is 1. The summed E-state index contributed by atoms with van der Waals surface area (Å²) in [6.45, 7) is 1.86. The molecule has 5 nitrogen and oxygen atoms in total.